The van der Waals surface area contributed by atoms with Gasteiger partial charge in [-0.15, -0.1) is 0 Å². The van der Waals surface area contributed by atoms with E-state index < -0.39 is 10.0 Å². The van der Waals surface area contributed by atoms with Crippen molar-refractivity contribution >= 4 is 33.2 Å². The zero-order chi connectivity index (χ0) is 21.2. The number of rotatable bonds is 6. The van der Waals surface area contributed by atoms with Crippen molar-refractivity contribution in [2.24, 2.45) is 0 Å². The number of anilines is 1. The molecule has 8 heteroatoms. The summed E-state index contributed by atoms with van der Waals surface area (Å²) in [5.74, 6) is 0.468. The lowest BCUT2D eigenvalue weighted by molar-refractivity contribution is 0.0227. The summed E-state index contributed by atoms with van der Waals surface area (Å²) in [4.78, 5) is 13.0. The molecule has 0 spiro atoms. The summed E-state index contributed by atoms with van der Waals surface area (Å²) in [5, 5.41) is 3.26. The molecule has 0 saturated heterocycles. The number of halogens is 1. The van der Waals surface area contributed by atoms with Gasteiger partial charge in [0.05, 0.1) is 22.9 Å². The fourth-order valence-electron chi connectivity index (χ4n) is 3.64. The fraction of sp³-hybridized carbons (Fsp3) is 0.381. The van der Waals surface area contributed by atoms with Crippen molar-refractivity contribution in [3.8, 4) is 5.75 Å². The molecule has 3 rings (SSSR count). The average molecular weight is 437 g/mol. The van der Waals surface area contributed by atoms with Crippen molar-refractivity contribution in [1.82, 2.24) is 5.32 Å². The van der Waals surface area contributed by atoms with Crippen LogP contribution in [0.1, 0.15) is 55.1 Å². The van der Waals surface area contributed by atoms with Crippen LogP contribution in [0.15, 0.2) is 42.5 Å². The minimum absolute atomic E-state index is 0.175. The number of amides is 1. The molecule has 2 aromatic rings. The Kier molecular flexibility index (Phi) is 6.10. The molecule has 2 N–H and O–H groups in total. The van der Waals surface area contributed by atoms with Gasteiger partial charge >= 0.3 is 0 Å². The predicted molar refractivity (Wildman–Crippen MR) is 115 cm³/mol. The van der Waals surface area contributed by atoms with E-state index in [1.165, 1.54) is 18.2 Å². The quantitative estimate of drug-likeness (QED) is 0.697. The zero-order valence-corrected chi connectivity index (χ0v) is 18.2. The summed E-state index contributed by atoms with van der Waals surface area (Å²) in [5.41, 5.74) is 1.19. The van der Waals surface area contributed by atoms with Crippen LogP contribution in [0.2, 0.25) is 5.02 Å². The van der Waals surface area contributed by atoms with Crippen LogP contribution in [0.4, 0.5) is 5.69 Å². The lowest BCUT2D eigenvalue weighted by Crippen LogP contribution is -2.44. The molecule has 1 atom stereocenters. The minimum Gasteiger partial charge on any atom is -0.487 e. The van der Waals surface area contributed by atoms with E-state index in [9.17, 15) is 13.2 Å². The van der Waals surface area contributed by atoms with Crippen molar-refractivity contribution in [3.63, 3.8) is 0 Å². The van der Waals surface area contributed by atoms with Gasteiger partial charge in [0.15, 0.2) is 0 Å². The van der Waals surface area contributed by atoms with Crippen LogP contribution in [-0.2, 0) is 10.0 Å². The van der Waals surface area contributed by atoms with E-state index in [0.29, 0.717) is 12.1 Å². The number of fused-ring (bicyclic) bond motifs is 1. The third kappa shape index (κ3) is 4.85. The predicted octanol–water partition coefficient (Wildman–Crippen LogP) is 4.52. The fourth-order valence-corrected chi connectivity index (χ4v) is 4.46. The second kappa shape index (κ2) is 8.24. The Morgan fingerprint density at radius 2 is 1.90 bits per heavy atom. The van der Waals surface area contributed by atoms with Gasteiger partial charge in [-0.25, -0.2) is 8.42 Å². The van der Waals surface area contributed by atoms with Gasteiger partial charge in [0.1, 0.15) is 11.4 Å². The van der Waals surface area contributed by atoms with Gasteiger partial charge in [0.25, 0.3) is 5.91 Å². The maximum absolute atomic E-state index is 13.0. The van der Waals surface area contributed by atoms with Crippen LogP contribution < -0.4 is 14.8 Å². The first-order chi connectivity index (χ1) is 13.7. The molecule has 1 unspecified atom stereocenters. The molecule has 29 heavy (non-hydrogen) atoms. The summed E-state index contributed by atoms with van der Waals surface area (Å²) in [6, 6.07) is 12.0. The van der Waals surface area contributed by atoms with E-state index in [4.69, 9.17) is 16.3 Å². The van der Waals surface area contributed by atoms with Crippen LogP contribution in [0, 0.1) is 0 Å². The van der Waals surface area contributed by atoms with Gasteiger partial charge in [-0.1, -0.05) is 43.6 Å². The van der Waals surface area contributed by atoms with Crippen LogP contribution in [0.3, 0.4) is 0 Å². The number of nitrogens with one attached hydrogen (secondary N) is 2. The van der Waals surface area contributed by atoms with Crippen molar-refractivity contribution < 1.29 is 17.9 Å². The summed E-state index contributed by atoms with van der Waals surface area (Å²) < 4.78 is 31.4. The first-order valence-electron chi connectivity index (χ1n) is 9.52. The molecule has 0 bridgehead atoms. The molecular weight excluding hydrogens is 412 g/mol. The second-order valence-electron chi connectivity index (χ2n) is 7.33. The summed E-state index contributed by atoms with van der Waals surface area (Å²) in [6.07, 6.45) is 3.37. The molecule has 1 heterocycles. The molecular formula is C21H25ClN2O4S. The van der Waals surface area contributed by atoms with Gasteiger partial charge in [0, 0.05) is 17.7 Å². The number of para-hydroxylation sites is 1. The number of carbonyl (C=O) groups is 1. The molecule has 1 amide bonds. The van der Waals surface area contributed by atoms with Gasteiger partial charge in [-0.3, -0.25) is 9.52 Å². The Bertz CT molecular complexity index is 1020. The number of hydrogen-bond acceptors (Lipinski definition) is 4. The normalized spacial score (nSPS) is 17.7. The third-order valence-corrected chi connectivity index (χ3v) is 6.23. The van der Waals surface area contributed by atoms with Crippen molar-refractivity contribution in [2.75, 3.05) is 11.0 Å². The van der Waals surface area contributed by atoms with Crippen LogP contribution in [0.5, 0.6) is 5.75 Å². The molecule has 0 radical (unpaired) electrons. The maximum Gasteiger partial charge on any atom is 0.253 e. The summed E-state index contributed by atoms with van der Waals surface area (Å²) in [6.45, 7) is 4.17. The highest BCUT2D eigenvalue weighted by Gasteiger charge is 2.39. The number of hydrogen-bond donors (Lipinski definition) is 2. The summed E-state index contributed by atoms with van der Waals surface area (Å²) >= 11 is 6.26. The first kappa shape index (κ1) is 21.5. The Morgan fingerprint density at radius 3 is 2.52 bits per heavy atom. The Balaban J connectivity index is 1.86. The SMILES string of the molecule is CCC1(CC)CC(NC(=O)c2ccc(NS(C)(=O)=O)cc2Cl)c2ccccc2O1. The lowest BCUT2D eigenvalue weighted by Gasteiger charge is -2.41. The Morgan fingerprint density at radius 1 is 1.21 bits per heavy atom. The first-order valence-corrected chi connectivity index (χ1v) is 11.8. The summed E-state index contributed by atoms with van der Waals surface area (Å²) in [7, 11) is -3.43. The highest BCUT2D eigenvalue weighted by atomic mass is 35.5. The zero-order valence-electron chi connectivity index (χ0n) is 16.7. The van der Waals surface area contributed by atoms with Crippen LogP contribution in [0.25, 0.3) is 0 Å². The van der Waals surface area contributed by atoms with E-state index in [1.54, 1.807) is 0 Å². The third-order valence-electron chi connectivity index (χ3n) is 5.31. The van der Waals surface area contributed by atoms with Crippen LogP contribution >= 0.6 is 11.6 Å². The second-order valence-corrected chi connectivity index (χ2v) is 9.48. The molecule has 0 saturated carbocycles. The van der Waals surface area contributed by atoms with Crippen molar-refractivity contribution in [3.05, 3.63) is 58.6 Å². The highest BCUT2D eigenvalue weighted by Crippen LogP contribution is 2.42. The molecule has 156 valence electrons. The monoisotopic (exact) mass is 436 g/mol. The van der Waals surface area contributed by atoms with Crippen molar-refractivity contribution in [1.29, 1.82) is 0 Å². The largest absolute Gasteiger partial charge is 0.487 e. The molecule has 0 fully saturated rings. The number of sulfonamides is 1. The van der Waals surface area contributed by atoms with Crippen LogP contribution in [-0.4, -0.2) is 26.2 Å². The van der Waals surface area contributed by atoms with E-state index >= 15 is 0 Å². The lowest BCUT2D eigenvalue weighted by atomic mass is 9.83. The number of ether oxygens (including phenoxy) is 1. The Labute approximate surface area is 176 Å². The molecule has 0 aliphatic carbocycles. The number of carbonyl (C=O) groups excluding carboxylic acids is 1. The molecule has 0 aromatic heterocycles. The molecule has 2 aromatic carbocycles. The van der Waals surface area contributed by atoms with Gasteiger partial charge in [0.2, 0.25) is 10.0 Å². The van der Waals surface area contributed by atoms with E-state index in [0.717, 1.165) is 30.4 Å². The van der Waals surface area contributed by atoms with Gasteiger partial charge < -0.3 is 10.1 Å². The topological polar surface area (TPSA) is 84.5 Å². The van der Waals surface area contributed by atoms with Crippen molar-refractivity contribution in [2.45, 2.75) is 44.8 Å². The molecule has 1 aliphatic rings. The molecule has 6 nitrogen and oxygen atoms in total. The standard InChI is InChI=1S/C21H25ClN2O4S/c1-4-21(5-2)13-18(16-8-6-7-9-19(16)28-21)23-20(25)15-11-10-14(12-17(15)22)24-29(3,26)27/h6-12,18,24H,4-5,13H2,1-3H3,(H,23,25). The van der Waals surface area contributed by atoms with E-state index in [2.05, 4.69) is 23.9 Å². The number of benzene rings is 2. The minimum atomic E-state index is -3.43. The smallest absolute Gasteiger partial charge is 0.253 e. The Hall–Kier alpha value is -2.25. The maximum atomic E-state index is 13.0. The van der Waals surface area contributed by atoms with E-state index in [-0.39, 0.29) is 28.1 Å². The van der Waals surface area contributed by atoms with Gasteiger partial charge in [-0.05, 0) is 37.1 Å². The molecule has 1 aliphatic heterocycles. The highest BCUT2D eigenvalue weighted by molar-refractivity contribution is 7.92. The van der Waals surface area contributed by atoms with Gasteiger partial charge in [-0.2, -0.15) is 0 Å². The average Bonchev–Trinajstić information content (AvgIpc) is 2.66. The van der Waals surface area contributed by atoms with E-state index in [1.807, 2.05) is 24.3 Å².